The van der Waals surface area contributed by atoms with E-state index < -0.39 is 17.1 Å². The molecule has 3 heteroatoms. The number of rotatable bonds is 3. The summed E-state index contributed by atoms with van der Waals surface area (Å²) in [6.07, 6.45) is 1.42. The lowest BCUT2D eigenvalue weighted by Gasteiger charge is -2.18. The summed E-state index contributed by atoms with van der Waals surface area (Å²) in [5.74, 6) is -0.844. The standard InChI is InChI=1S/C8H13FO2/c1-7(2,9)5-8(3-4-8)6(10)11/h3-5H2,1-2H3,(H,10,11). The van der Waals surface area contributed by atoms with Crippen LogP contribution in [0.25, 0.3) is 0 Å². The third-order valence-corrected chi connectivity index (χ3v) is 2.07. The molecule has 1 aliphatic rings. The van der Waals surface area contributed by atoms with Gasteiger partial charge in [-0.15, -0.1) is 0 Å². The average Bonchev–Trinajstić information content (AvgIpc) is 2.43. The fraction of sp³-hybridized carbons (Fsp3) is 0.875. The molecule has 1 N–H and O–H groups in total. The highest BCUT2D eigenvalue weighted by atomic mass is 19.1. The Labute approximate surface area is 65.4 Å². The van der Waals surface area contributed by atoms with Gasteiger partial charge in [-0.1, -0.05) is 0 Å². The molecule has 0 amide bonds. The van der Waals surface area contributed by atoms with Gasteiger partial charge in [0.2, 0.25) is 0 Å². The molecule has 11 heavy (non-hydrogen) atoms. The van der Waals surface area contributed by atoms with Gasteiger partial charge in [0.25, 0.3) is 0 Å². The number of hydrogen-bond acceptors (Lipinski definition) is 1. The summed E-state index contributed by atoms with van der Waals surface area (Å²) in [5, 5.41) is 8.70. The predicted octanol–water partition coefficient (Wildman–Crippen LogP) is 1.99. The first-order chi connectivity index (χ1) is 4.86. The lowest BCUT2D eigenvalue weighted by atomic mass is 9.92. The number of carboxylic acids is 1. The highest BCUT2D eigenvalue weighted by Gasteiger charge is 2.53. The van der Waals surface area contributed by atoms with Crippen molar-refractivity contribution in [3.8, 4) is 0 Å². The van der Waals surface area contributed by atoms with Crippen molar-refractivity contribution in [2.45, 2.75) is 38.8 Å². The Bertz CT molecular complexity index is 177. The molecule has 2 nitrogen and oxygen atoms in total. The van der Waals surface area contributed by atoms with E-state index in [9.17, 15) is 9.18 Å². The minimum atomic E-state index is -1.35. The molecule has 0 aromatic heterocycles. The molecule has 0 bridgehead atoms. The van der Waals surface area contributed by atoms with Crippen molar-refractivity contribution in [2.24, 2.45) is 5.41 Å². The molecule has 0 atom stereocenters. The Morgan fingerprint density at radius 1 is 1.64 bits per heavy atom. The third-order valence-electron chi connectivity index (χ3n) is 2.07. The Hall–Kier alpha value is -0.600. The van der Waals surface area contributed by atoms with Gasteiger partial charge in [0.05, 0.1) is 5.41 Å². The maximum absolute atomic E-state index is 13.0. The second kappa shape index (κ2) is 2.19. The van der Waals surface area contributed by atoms with Crippen molar-refractivity contribution in [1.82, 2.24) is 0 Å². The molecular weight excluding hydrogens is 147 g/mol. The fourth-order valence-corrected chi connectivity index (χ4v) is 1.42. The van der Waals surface area contributed by atoms with Crippen LogP contribution in [0.15, 0.2) is 0 Å². The summed E-state index contributed by atoms with van der Waals surface area (Å²) in [6.45, 7) is 2.85. The second-order valence-electron chi connectivity index (χ2n) is 3.98. The van der Waals surface area contributed by atoms with Crippen LogP contribution in [0.2, 0.25) is 0 Å². The average molecular weight is 160 g/mol. The van der Waals surface area contributed by atoms with Crippen LogP contribution in [0, 0.1) is 5.41 Å². The maximum atomic E-state index is 13.0. The highest BCUT2D eigenvalue weighted by Crippen LogP contribution is 2.52. The van der Waals surface area contributed by atoms with Gasteiger partial charge in [-0.3, -0.25) is 4.79 Å². The van der Waals surface area contributed by atoms with E-state index in [-0.39, 0.29) is 6.42 Å². The van der Waals surface area contributed by atoms with Gasteiger partial charge in [-0.25, -0.2) is 4.39 Å². The number of carboxylic acid groups (broad SMARTS) is 1. The molecule has 0 aromatic rings. The van der Waals surface area contributed by atoms with Crippen LogP contribution < -0.4 is 0 Å². The van der Waals surface area contributed by atoms with Crippen LogP contribution >= 0.6 is 0 Å². The number of alkyl halides is 1. The molecule has 0 heterocycles. The van der Waals surface area contributed by atoms with E-state index >= 15 is 0 Å². The van der Waals surface area contributed by atoms with E-state index in [1.165, 1.54) is 13.8 Å². The number of aliphatic carboxylic acids is 1. The summed E-state index contributed by atoms with van der Waals surface area (Å²) < 4.78 is 13.0. The van der Waals surface area contributed by atoms with Gasteiger partial charge in [0, 0.05) is 0 Å². The summed E-state index contributed by atoms with van der Waals surface area (Å²) in [7, 11) is 0. The van der Waals surface area contributed by atoms with Crippen molar-refractivity contribution in [3.63, 3.8) is 0 Å². The van der Waals surface area contributed by atoms with Crippen LogP contribution in [0.5, 0.6) is 0 Å². The van der Waals surface area contributed by atoms with Crippen molar-refractivity contribution < 1.29 is 14.3 Å². The zero-order chi connectivity index (χ0) is 8.70. The first-order valence-corrected chi connectivity index (χ1v) is 3.78. The highest BCUT2D eigenvalue weighted by molar-refractivity contribution is 5.77. The van der Waals surface area contributed by atoms with Crippen LogP contribution in [0.3, 0.4) is 0 Å². The van der Waals surface area contributed by atoms with Gasteiger partial charge < -0.3 is 5.11 Å². The normalized spacial score (nSPS) is 21.4. The number of hydrogen-bond donors (Lipinski definition) is 1. The van der Waals surface area contributed by atoms with Crippen LogP contribution in [-0.4, -0.2) is 16.7 Å². The second-order valence-corrected chi connectivity index (χ2v) is 3.98. The molecule has 0 saturated heterocycles. The molecule has 0 aromatic carbocycles. The molecule has 1 saturated carbocycles. The van der Waals surface area contributed by atoms with Gasteiger partial charge >= 0.3 is 5.97 Å². The Morgan fingerprint density at radius 3 is 2.18 bits per heavy atom. The van der Waals surface area contributed by atoms with E-state index in [2.05, 4.69) is 0 Å². The van der Waals surface area contributed by atoms with E-state index in [1.807, 2.05) is 0 Å². The predicted molar refractivity (Wildman–Crippen MR) is 39.1 cm³/mol. The molecule has 0 unspecified atom stereocenters. The maximum Gasteiger partial charge on any atom is 0.309 e. The number of carbonyl (C=O) groups is 1. The van der Waals surface area contributed by atoms with Crippen molar-refractivity contribution in [1.29, 1.82) is 0 Å². The monoisotopic (exact) mass is 160 g/mol. The number of halogens is 1. The quantitative estimate of drug-likeness (QED) is 0.685. The molecular formula is C8H13FO2. The minimum Gasteiger partial charge on any atom is -0.481 e. The van der Waals surface area contributed by atoms with E-state index in [4.69, 9.17) is 5.11 Å². The van der Waals surface area contributed by atoms with Gasteiger partial charge in [-0.2, -0.15) is 0 Å². The van der Waals surface area contributed by atoms with E-state index in [1.54, 1.807) is 0 Å². The summed E-state index contributed by atoms with van der Waals surface area (Å²) in [6, 6.07) is 0. The summed E-state index contributed by atoms with van der Waals surface area (Å²) in [4.78, 5) is 10.6. The molecule has 0 radical (unpaired) electrons. The first kappa shape index (κ1) is 8.50. The summed E-state index contributed by atoms with van der Waals surface area (Å²) >= 11 is 0. The van der Waals surface area contributed by atoms with Crippen molar-refractivity contribution in [2.75, 3.05) is 0 Å². The Morgan fingerprint density at radius 2 is 2.09 bits per heavy atom. The zero-order valence-electron chi connectivity index (χ0n) is 6.85. The first-order valence-electron chi connectivity index (χ1n) is 3.78. The topological polar surface area (TPSA) is 37.3 Å². The lowest BCUT2D eigenvalue weighted by molar-refractivity contribution is -0.144. The zero-order valence-corrected chi connectivity index (χ0v) is 6.85. The van der Waals surface area contributed by atoms with Crippen molar-refractivity contribution in [3.05, 3.63) is 0 Å². The fourth-order valence-electron chi connectivity index (χ4n) is 1.42. The lowest BCUT2D eigenvalue weighted by Crippen LogP contribution is -2.25. The van der Waals surface area contributed by atoms with Crippen LogP contribution in [0.1, 0.15) is 33.1 Å². The molecule has 0 aliphatic heterocycles. The molecule has 1 fully saturated rings. The van der Waals surface area contributed by atoms with E-state index in [0.29, 0.717) is 12.8 Å². The van der Waals surface area contributed by atoms with Gasteiger partial charge in [0.15, 0.2) is 0 Å². The Kier molecular flexibility index (Phi) is 1.69. The summed E-state index contributed by atoms with van der Waals surface area (Å²) in [5.41, 5.74) is -2.08. The van der Waals surface area contributed by atoms with Crippen LogP contribution in [0.4, 0.5) is 4.39 Å². The third kappa shape index (κ3) is 1.91. The van der Waals surface area contributed by atoms with Crippen molar-refractivity contribution >= 4 is 5.97 Å². The minimum absolute atomic E-state index is 0.148. The van der Waals surface area contributed by atoms with Gasteiger partial charge in [-0.05, 0) is 33.1 Å². The largest absolute Gasteiger partial charge is 0.481 e. The molecule has 1 aliphatic carbocycles. The molecule has 0 spiro atoms. The molecule has 1 rings (SSSR count). The molecule has 64 valence electrons. The smallest absolute Gasteiger partial charge is 0.309 e. The van der Waals surface area contributed by atoms with Crippen LogP contribution in [-0.2, 0) is 4.79 Å². The SMILES string of the molecule is CC(C)(F)CC1(C(=O)O)CC1. The van der Waals surface area contributed by atoms with Gasteiger partial charge in [0.1, 0.15) is 5.67 Å². The Balaban J connectivity index is 2.55. The van der Waals surface area contributed by atoms with E-state index in [0.717, 1.165) is 0 Å².